The van der Waals surface area contributed by atoms with Crippen LogP contribution in [0.5, 0.6) is 5.75 Å². The molecule has 4 nitrogen and oxygen atoms in total. The highest BCUT2D eigenvalue weighted by Gasteiger charge is 2.30. The molecule has 0 unspecified atom stereocenters. The number of likely N-dealkylation sites (N-methyl/N-ethyl adjacent to an activating group) is 1. The average molecular weight is 514 g/mol. The third-order valence-electron chi connectivity index (χ3n) is 4.56. The largest absolute Gasteiger partial charge is 0.489 e. The summed E-state index contributed by atoms with van der Waals surface area (Å²) < 4.78 is 6.63. The zero-order valence-electron chi connectivity index (χ0n) is 16.6. The van der Waals surface area contributed by atoms with Crippen LogP contribution in [0.25, 0.3) is 6.08 Å². The number of nitrogens with zero attached hydrogens (tertiary/aromatic N) is 2. The molecule has 0 atom stereocenters. The Morgan fingerprint density at radius 3 is 2.55 bits per heavy atom. The van der Waals surface area contributed by atoms with E-state index in [0.717, 1.165) is 21.3 Å². The number of ether oxygens (including phenoxy) is 1. The molecule has 1 amide bonds. The molecule has 31 heavy (non-hydrogen) atoms. The Labute approximate surface area is 198 Å². The van der Waals surface area contributed by atoms with E-state index < -0.39 is 0 Å². The molecular weight excluding hydrogens is 496 g/mol. The van der Waals surface area contributed by atoms with E-state index in [0.29, 0.717) is 27.4 Å². The van der Waals surface area contributed by atoms with E-state index in [9.17, 15) is 4.79 Å². The van der Waals surface area contributed by atoms with E-state index >= 15 is 0 Å². The number of aliphatic imine (C=N–C) groups is 1. The van der Waals surface area contributed by atoms with Crippen molar-refractivity contribution in [1.29, 1.82) is 0 Å². The lowest BCUT2D eigenvalue weighted by Crippen LogP contribution is -2.23. The predicted molar refractivity (Wildman–Crippen MR) is 132 cm³/mol. The highest BCUT2D eigenvalue weighted by atomic mass is 79.9. The van der Waals surface area contributed by atoms with Gasteiger partial charge in [0.15, 0.2) is 5.17 Å². The summed E-state index contributed by atoms with van der Waals surface area (Å²) >= 11 is 10.9. The van der Waals surface area contributed by atoms with Gasteiger partial charge in [0, 0.05) is 11.5 Å². The second kappa shape index (κ2) is 9.73. The maximum atomic E-state index is 12.7. The van der Waals surface area contributed by atoms with Gasteiger partial charge in [0.05, 0.1) is 15.6 Å². The van der Waals surface area contributed by atoms with Gasteiger partial charge >= 0.3 is 0 Å². The van der Waals surface area contributed by atoms with Crippen LogP contribution in [0.3, 0.4) is 0 Å². The predicted octanol–water partition coefficient (Wildman–Crippen LogP) is 6.92. The highest BCUT2D eigenvalue weighted by Crippen LogP contribution is 2.34. The van der Waals surface area contributed by atoms with Gasteiger partial charge in [-0.2, -0.15) is 0 Å². The molecule has 0 aromatic heterocycles. The van der Waals surface area contributed by atoms with Crippen LogP contribution in [0.4, 0.5) is 5.69 Å². The van der Waals surface area contributed by atoms with Crippen LogP contribution in [0.1, 0.15) is 11.1 Å². The lowest BCUT2D eigenvalue weighted by molar-refractivity contribution is -0.121. The molecule has 7 heteroatoms. The zero-order valence-corrected chi connectivity index (χ0v) is 19.7. The second-order valence-electron chi connectivity index (χ2n) is 6.81. The first kappa shape index (κ1) is 21.7. The number of thioether (sulfide) groups is 1. The third kappa shape index (κ3) is 5.39. The molecule has 1 heterocycles. The van der Waals surface area contributed by atoms with Gasteiger partial charge in [0.1, 0.15) is 12.4 Å². The van der Waals surface area contributed by atoms with Crippen LogP contribution < -0.4 is 4.74 Å². The van der Waals surface area contributed by atoms with Gasteiger partial charge in [-0.25, -0.2) is 4.99 Å². The fourth-order valence-corrected chi connectivity index (χ4v) is 4.28. The summed E-state index contributed by atoms with van der Waals surface area (Å²) in [6.45, 7) is 0.514. The van der Waals surface area contributed by atoms with Gasteiger partial charge in [-0.1, -0.05) is 54.1 Å². The van der Waals surface area contributed by atoms with Gasteiger partial charge in [-0.3, -0.25) is 9.69 Å². The number of halogens is 2. The van der Waals surface area contributed by atoms with Gasteiger partial charge in [-0.15, -0.1) is 0 Å². The quantitative estimate of drug-likeness (QED) is 0.348. The summed E-state index contributed by atoms with van der Waals surface area (Å²) in [7, 11) is 1.72. The molecule has 0 N–H and O–H groups in total. The lowest BCUT2D eigenvalue weighted by Gasteiger charge is -2.07. The number of hydrogen-bond acceptors (Lipinski definition) is 4. The fourth-order valence-electron chi connectivity index (χ4n) is 2.87. The van der Waals surface area contributed by atoms with Crippen molar-refractivity contribution in [2.75, 3.05) is 7.05 Å². The maximum absolute atomic E-state index is 12.7. The Balaban J connectivity index is 1.46. The summed E-state index contributed by atoms with van der Waals surface area (Å²) in [6, 6.07) is 23.1. The van der Waals surface area contributed by atoms with Crippen LogP contribution >= 0.6 is 39.3 Å². The van der Waals surface area contributed by atoms with Crippen molar-refractivity contribution in [3.8, 4) is 5.75 Å². The molecule has 3 aromatic carbocycles. The van der Waals surface area contributed by atoms with Gasteiger partial charge in [0.2, 0.25) is 0 Å². The van der Waals surface area contributed by atoms with Crippen LogP contribution in [0, 0.1) is 0 Å². The summed E-state index contributed by atoms with van der Waals surface area (Å²) in [6.07, 6.45) is 1.86. The average Bonchev–Trinajstić information content (AvgIpc) is 3.04. The second-order valence-corrected chi connectivity index (χ2v) is 9.08. The molecule has 0 radical (unpaired) electrons. The molecule has 156 valence electrons. The first-order chi connectivity index (χ1) is 15.0. The normalized spacial score (nSPS) is 16.4. The summed E-state index contributed by atoms with van der Waals surface area (Å²) in [4.78, 5) is 19.4. The molecule has 3 aromatic rings. The van der Waals surface area contributed by atoms with Crippen LogP contribution in [-0.2, 0) is 11.4 Å². The number of carbonyl (C=O) groups excluding carboxylic acids is 1. The smallest absolute Gasteiger partial charge is 0.266 e. The number of amidine groups is 1. The van der Waals surface area contributed by atoms with E-state index in [1.54, 1.807) is 18.0 Å². The minimum Gasteiger partial charge on any atom is -0.489 e. The van der Waals surface area contributed by atoms with E-state index in [1.807, 2.05) is 72.8 Å². The molecule has 1 aliphatic rings. The maximum Gasteiger partial charge on any atom is 0.266 e. The molecule has 0 spiro atoms. The van der Waals surface area contributed by atoms with Crippen LogP contribution in [0.15, 0.2) is 87.2 Å². The molecule has 0 saturated carbocycles. The first-order valence-electron chi connectivity index (χ1n) is 9.48. The lowest BCUT2D eigenvalue weighted by atomic mass is 10.2. The van der Waals surface area contributed by atoms with Crippen molar-refractivity contribution in [2.24, 2.45) is 4.99 Å². The van der Waals surface area contributed by atoms with Crippen molar-refractivity contribution in [1.82, 2.24) is 4.90 Å². The Morgan fingerprint density at radius 1 is 1.10 bits per heavy atom. The van der Waals surface area contributed by atoms with E-state index in [1.165, 1.54) is 11.8 Å². The van der Waals surface area contributed by atoms with Crippen molar-refractivity contribution in [3.05, 3.63) is 98.3 Å². The Morgan fingerprint density at radius 2 is 1.84 bits per heavy atom. The van der Waals surface area contributed by atoms with Gasteiger partial charge in [-0.05, 0) is 75.2 Å². The Hall–Kier alpha value is -2.54. The van der Waals surface area contributed by atoms with Crippen molar-refractivity contribution >= 4 is 62.1 Å². The topological polar surface area (TPSA) is 41.9 Å². The molecule has 0 aliphatic carbocycles. The SMILES string of the molecule is CN1C(=O)/C(=C/c2ccc(OCc3ccccc3)cc2)SC1=Nc1ccc(Br)c(Cl)c1. The number of hydrogen-bond donors (Lipinski definition) is 0. The van der Waals surface area contributed by atoms with E-state index in [2.05, 4.69) is 20.9 Å². The highest BCUT2D eigenvalue weighted by molar-refractivity contribution is 9.10. The summed E-state index contributed by atoms with van der Waals surface area (Å²) in [5.41, 5.74) is 2.73. The van der Waals surface area contributed by atoms with Crippen molar-refractivity contribution in [3.63, 3.8) is 0 Å². The van der Waals surface area contributed by atoms with Gasteiger partial charge < -0.3 is 4.74 Å². The number of amides is 1. The number of benzene rings is 3. The van der Waals surface area contributed by atoms with Crippen molar-refractivity contribution < 1.29 is 9.53 Å². The molecular formula is C24H18BrClN2O2S. The van der Waals surface area contributed by atoms with E-state index in [4.69, 9.17) is 16.3 Å². The minimum atomic E-state index is -0.0867. The number of rotatable bonds is 5. The van der Waals surface area contributed by atoms with Gasteiger partial charge in [0.25, 0.3) is 5.91 Å². The first-order valence-corrected chi connectivity index (χ1v) is 11.5. The summed E-state index contributed by atoms with van der Waals surface area (Å²) in [5.74, 6) is 0.694. The Kier molecular flexibility index (Phi) is 6.80. The fraction of sp³-hybridized carbons (Fsp3) is 0.0833. The molecule has 4 rings (SSSR count). The van der Waals surface area contributed by atoms with Crippen LogP contribution in [0.2, 0.25) is 5.02 Å². The Bertz CT molecular complexity index is 1160. The van der Waals surface area contributed by atoms with E-state index in [-0.39, 0.29) is 5.91 Å². The van der Waals surface area contributed by atoms with Crippen molar-refractivity contribution in [2.45, 2.75) is 6.61 Å². The standard InChI is InChI=1S/C24H18BrClN2O2S/c1-28-23(29)22(31-24(28)27-18-9-12-20(25)21(26)14-18)13-16-7-10-19(11-8-16)30-15-17-5-3-2-4-6-17/h2-14H,15H2,1H3/b22-13-,27-24?. The molecule has 0 bridgehead atoms. The monoisotopic (exact) mass is 512 g/mol. The zero-order chi connectivity index (χ0) is 21.8. The summed E-state index contributed by atoms with van der Waals surface area (Å²) in [5, 5.41) is 1.18. The molecule has 1 fully saturated rings. The molecule has 1 saturated heterocycles. The number of carbonyl (C=O) groups is 1. The molecule has 1 aliphatic heterocycles. The van der Waals surface area contributed by atoms with Crippen LogP contribution in [-0.4, -0.2) is 23.0 Å². The third-order valence-corrected chi connectivity index (χ3v) is 6.85. The minimum absolute atomic E-state index is 0.0867.